The van der Waals surface area contributed by atoms with Gasteiger partial charge in [0.15, 0.2) is 18.1 Å². The van der Waals surface area contributed by atoms with Crippen molar-refractivity contribution >= 4 is 12.1 Å². The molecule has 2 aromatic carbocycles. The summed E-state index contributed by atoms with van der Waals surface area (Å²) in [7, 11) is 0. The Morgan fingerprint density at radius 1 is 1.20 bits per heavy atom. The normalized spacial score (nSPS) is 12.6. The number of rotatable bonds is 6. The van der Waals surface area contributed by atoms with Crippen molar-refractivity contribution < 1.29 is 19.0 Å². The maximum atomic E-state index is 11.8. The molecule has 0 aromatic heterocycles. The number of carbonyl (C=O) groups excluding carboxylic acids is 1. The number of hydrazone groups is 1. The lowest BCUT2D eigenvalue weighted by Gasteiger charge is -2.08. The molecule has 1 aliphatic rings. The first-order valence-electron chi connectivity index (χ1n) is 8.06. The zero-order valence-corrected chi connectivity index (χ0v) is 14.2. The summed E-state index contributed by atoms with van der Waals surface area (Å²) in [4.78, 5) is 11.8. The molecule has 0 atom stereocenters. The molecule has 1 aliphatic heterocycles. The summed E-state index contributed by atoms with van der Waals surface area (Å²) in [6, 6.07) is 13.1. The van der Waals surface area contributed by atoms with E-state index in [9.17, 15) is 4.79 Å². The number of nitrogens with zero attached hydrogens (tertiary/aromatic N) is 1. The molecule has 1 heterocycles. The summed E-state index contributed by atoms with van der Waals surface area (Å²) in [5.41, 5.74) is 4.46. The highest BCUT2D eigenvalue weighted by Gasteiger charge is 2.12. The highest BCUT2D eigenvalue weighted by atomic mass is 16.7. The van der Waals surface area contributed by atoms with E-state index in [1.807, 2.05) is 30.3 Å². The minimum absolute atomic E-state index is 0.0977. The van der Waals surface area contributed by atoms with Gasteiger partial charge >= 0.3 is 0 Å². The van der Waals surface area contributed by atoms with Crippen LogP contribution >= 0.6 is 0 Å². The third-order valence-corrected chi connectivity index (χ3v) is 3.72. The van der Waals surface area contributed by atoms with E-state index < -0.39 is 0 Å². The van der Waals surface area contributed by atoms with E-state index in [2.05, 4.69) is 24.4 Å². The first-order valence-corrected chi connectivity index (χ1v) is 8.06. The molecule has 130 valence electrons. The van der Waals surface area contributed by atoms with E-state index in [0.717, 1.165) is 5.56 Å². The van der Waals surface area contributed by atoms with E-state index in [1.165, 1.54) is 11.8 Å². The molecule has 0 aliphatic carbocycles. The summed E-state index contributed by atoms with van der Waals surface area (Å²) >= 11 is 0. The molecule has 1 N–H and O–H groups in total. The van der Waals surface area contributed by atoms with Crippen LogP contribution in [0.2, 0.25) is 0 Å². The van der Waals surface area contributed by atoms with Crippen LogP contribution in [0.1, 0.15) is 30.9 Å². The number of amides is 1. The molecular formula is C19H20N2O4. The van der Waals surface area contributed by atoms with Gasteiger partial charge in [-0.05, 0) is 47.4 Å². The minimum atomic E-state index is -0.329. The van der Waals surface area contributed by atoms with E-state index >= 15 is 0 Å². The van der Waals surface area contributed by atoms with Crippen molar-refractivity contribution in [2.75, 3.05) is 13.4 Å². The summed E-state index contributed by atoms with van der Waals surface area (Å²) in [6.45, 7) is 4.38. The Balaban J connectivity index is 1.46. The smallest absolute Gasteiger partial charge is 0.277 e. The molecule has 2 aromatic rings. The number of fused-ring (bicyclic) bond motifs is 1. The van der Waals surface area contributed by atoms with Crippen LogP contribution in [0.3, 0.4) is 0 Å². The molecule has 1 amide bonds. The van der Waals surface area contributed by atoms with Crippen LogP contribution in [0.4, 0.5) is 0 Å². The number of hydrogen-bond acceptors (Lipinski definition) is 5. The Morgan fingerprint density at radius 2 is 1.96 bits per heavy atom. The molecule has 0 spiro atoms. The molecule has 0 saturated carbocycles. The summed E-state index contributed by atoms with van der Waals surface area (Å²) in [5.74, 6) is 2.16. The molecule has 25 heavy (non-hydrogen) atoms. The Kier molecular flexibility index (Phi) is 5.18. The second-order valence-electron chi connectivity index (χ2n) is 5.92. The standard InChI is InChI=1S/C19H20N2O4/c1-13(2)15-4-6-16(7-5-15)23-11-19(22)21-20-10-14-3-8-17-18(9-14)25-12-24-17/h3-10,13H,11-12H2,1-2H3,(H,21,22)/b20-10+. The lowest BCUT2D eigenvalue weighted by molar-refractivity contribution is -0.123. The Morgan fingerprint density at radius 3 is 2.72 bits per heavy atom. The second kappa shape index (κ2) is 7.70. The number of benzene rings is 2. The number of hydrogen-bond donors (Lipinski definition) is 1. The molecule has 0 radical (unpaired) electrons. The average Bonchev–Trinajstić information content (AvgIpc) is 3.08. The number of nitrogens with one attached hydrogen (secondary N) is 1. The van der Waals surface area contributed by atoms with Crippen LogP contribution in [-0.2, 0) is 4.79 Å². The van der Waals surface area contributed by atoms with Gasteiger partial charge in [0, 0.05) is 0 Å². The highest BCUT2D eigenvalue weighted by Crippen LogP contribution is 2.31. The highest BCUT2D eigenvalue weighted by molar-refractivity contribution is 5.83. The predicted octanol–water partition coefficient (Wildman–Crippen LogP) is 3.07. The first kappa shape index (κ1) is 16.8. The van der Waals surface area contributed by atoms with Crippen molar-refractivity contribution in [1.29, 1.82) is 0 Å². The van der Waals surface area contributed by atoms with Gasteiger partial charge in [-0.1, -0.05) is 26.0 Å². The van der Waals surface area contributed by atoms with Crippen LogP contribution in [0.25, 0.3) is 0 Å². The summed E-state index contributed by atoms with van der Waals surface area (Å²) in [6.07, 6.45) is 1.54. The molecule has 0 unspecified atom stereocenters. The van der Waals surface area contributed by atoms with Crippen LogP contribution < -0.4 is 19.6 Å². The summed E-state index contributed by atoms with van der Waals surface area (Å²) in [5, 5.41) is 3.92. The zero-order valence-electron chi connectivity index (χ0n) is 14.2. The quantitative estimate of drug-likeness (QED) is 0.648. The molecule has 3 rings (SSSR count). The number of ether oxygens (including phenoxy) is 3. The Hall–Kier alpha value is -3.02. The fourth-order valence-electron chi connectivity index (χ4n) is 2.30. The second-order valence-corrected chi connectivity index (χ2v) is 5.92. The van der Waals surface area contributed by atoms with E-state index in [1.54, 1.807) is 12.1 Å². The average molecular weight is 340 g/mol. The van der Waals surface area contributed by atoms with Crippen LogP contribution in [0.5, 0.6) is 17.2 Å². The topological polar surface area (TPSA) is 69.2 Å². The Labute approximate surface area is 146 Å². The molecule has 0 fully saturated rings. The van der Waals surface area contributed by atoms with Crippen molar-refractivity contribution in [3.63, 3.8) is 0 Å². The molecule has 0 bridgehead atoms. The van der Waals surface area contributed by atoms with Gasteiger partial charge in [-0.2, -0.15) is 5.10 Å². The number of carbonyl (C=O) groups is 1. The molecular weight excluding hydrogens is 320 g/mol. The molecule has 0 saturated heterocycles. The minimum Gasteiger partial charge on any atom is -0.484 e. The van der Waals surface area contributed by atoms with Gasteiger partial charge in [0.2, 0.25) is 6.79 Å². The van der Waals surface area contributed by atoms with Crippen molar-refractivity contribution in [2.45, 2.75) is 19.8 Å². The first-order chi connectivity index (χ1) is 12.1. The van der Waals surface area contributed by atoms with Crippen LogP contribution in [0, 0.1) is 0 Å². The van der Waals surface area contributed by atoms with Gasteiger partial charge in [0.05, 0.1) is 6.21 Å². The largest absolute Gasteiger partial charge is 0.484 e. The van der Waals surface area contributed by atoms with Crippen molar-refractivity contribution in [3.8, 4) is 17.2 Å². The Bertz CT molecular complexity index is 769. The lowest BCUT2D eigenvalue weighted by atomic mass is 10.0. The lowest BCUT2D eigenvalue weighted by Crippen LogP contribution is -2.24. The maximum absolute atomic E-state index is 11.8. The van der Waals surface area contributed by atoms with Gasteiger partial charge in [-0.25, -0.2) is 5.43 Å². The van der Waals surface area contributed by atoms with Crippen molar-refractivity contribution in [3.05, 3.63) is 53.6 Å². The van der Waals surface area contributed by atoms with E-state index in [4.69, 9.17) is 14.2 Å². The predicted molar refractivity (Wildman–Crippen MR) is 94.3 cm³/mol. The van der Waals surface area contributed by atoms with Crippen molar-refractivity contribution in [1.82, 2.24) is 5.43 Å². The van der Waals surface area contributed by atoms with Crippen molar-refractivity contribution in [2.24, 2.45) is 5.10 Å². The van der Waals surface area contributed by atoms with Gasteiger partial charge in [0.25, 0.3) is 5.91 Å². The third-order valence-electron chi connectivity index (χ3n) is 3.72. The SMILES string of the molecule is CC(C)c1ccc(OCC(=O)N/N=C/c2ccc3c(c2)OCO3)cc1. The maximum Gasteiger partial charge on any atom is 0.277 e. The van der Waals surface area contributed by atoms with Crippen LogP contribution in [-0.4, -0.2) is 25.5 Å². The summed E-state index contributed by atoms with van der Waals surface area (Å²) < 4.78 is 16.0. The molecule has 6 nitrogen and oxygen atoms in total. The van der Waals surface area contributed by atoms with Crippen LogP contribution in [0.15, 0.2) is 47.6 Å². The van der Waals surface area contributed by atoms with Gasteiger partial charge in [0.1, 0.15) is 5.75 Å². The van der Waals surface area contributed by atoms with E-state index in [0.29, 0.717) is 23.2 Å². The van der Waals surface area contributed by atoms with E-state index in [-0.39, 0.29) is 19.3 Å². The van der Waals surface area contributed by atoms with Gasteiger partial charge < -0.3 is 14.2 Å². The fourth-order valence-corrected chi connectivity index (χ4v) is 2.30. The third kappa shape index (κ3) is 4.50. The van der Waals surface area contributed by atoms with Gasteiger partial charge in [-0.3, -0.25) is 4.79 Å². The van der Waals surface area contributed by atoms with Gasteiger partial charge in [-0.15, -0.1) is 0 Å². The molecule has 6 heteroatoms. The monoisotopic (exact) mass is 340 g/mol. The zero-order chi connectivity index (χ0) is 17.6. The fraction of sp³-hybridized carbons (Fsp3) is 0.263.